The molecule has 1 atom stereocenters. The van der Waals surface area contributed by atoms with Crippen molar-refractivity contribution in [2.24, 2.45) is 0 Å². The van der Waals surface area contributed by atoms with Crippen molar-refractivity contribution in [2.45, 2.75) is 12.5 Å². The number of hydrogen-bond donors (Lipinski definition) is 1. The molecule has 0 bridgehead atoms. The molecule has 5 rings (SSSR count). The van der Waals surface area contributed by atoms with Gasteiger partial charge in [0.05, 0.1) is 6.04 Å². The summed E-state index contributed by atoms with van der Waals surface area (Å²) >= 11 is 0. The Hall–Kier alpha value is -4.13. The number of likely N-dealkylation sites (N-methyl/N-ethyl adjacent to an activating group) is 1. The number of cyclic esters (lactones) is 1. The molecule has 1 fully saturated rings. The smallest absolute Gasteiger partial charge is 0.409 e. The third-order valence-corrected chi connectivity index (χ3v) is 5.83. The SMILES string of the molecule is CN1C(=O)OCC1Cc1ccc(Oc2ccc(C=C3C(=O)Nc4ccccc43)cc2F)cc1. The number of fused-ring (bicyclic) bond motifs is 1. The Balaban J connectivity index is 1.29. The number of benzene rings is 3. The van der Waals surface area contributed by atoms with E-state index < -0.39 is 5.82 Å². The second-order valence-corrected chi connectivity index (χ2v) is 8.04. The minimum atomic E-state index is -0.525. The molecule has 0 radical (unpaired) electrons. The zero-order valence-corrected chi connectivity index (χ0v) is 17.9. The van der Waals surface area contributed by atoms with Crippen LogP contribution in [-0.2, 0) is 16.0 Å². The fourth-order valence-corrected chi connectivity index (χ4v) is 3.96. The predicted molar refractivity (Wildman–Crippen MR) is 122 cm³/mol. The lowest BCUT2D eigenvalue weighted by Crippen LogP contribution is -2.30. The quantitative estimate of drug-likeness (QED) is 0.556. The average Bonchev–Trinajstić information content (AvgIpc) is 3.30. The molecule has 1 unspecified atom stereocenters. The summed E-state index contributed by atoms with van der Waals surface area (Å²) in [6, 6.07) is 19.3. The summed E-state index contributed by atoms with van der Waals surface area (Å²) in [6.07, 6.45) is 2.01. The van der Waals surface area contributed by atoms with Crippen molar-refractivity contribution >= 4 is 29.3 Å². The first kappa shape index (κ1) is 20.8. The monoisotopic (exact) mass is 444 g/mol. The van der Waals surface area contributed by atoms with Crippen LogP contribution in [-0.4, -0.2) is 36.6 Å². The zero-order chi connectivity index (χ0) is 22.9. The van der Waals surface area contributed by atoms with Crippen molar-refractivity contribution in [3.8, 4) is 11.5 Å². The van der Waals surface area contributed by atoms with Crippen LogP contribution in [0.25, 0.3) is 11.6 Å². The highest BCUT2D eigenvalue weighted by molar-refractivity contribution is 6.34. The maximum absolute atomic E-state index is 14.7. The van der Waals surface area contributed by atoms with Crippen molar-refractivity contribution in [2.75, 3.05) is 19.0 Å². The number of hydrogen-bond acceptors (Lipinski definition) is 4. The summed E-state index contributed by atoms with van der Waals surface area (Å²) in [5.41, 5.74) is 3.62. The van der Waals surface area contributed by atoms with E-state index in [-0.39, 0.29) is 23.8 Å². The maximum atomic E-state index is 14.7. The van der Waals surface area contributed by atoms with Crippen LogP contribution in [0.1, 0.15) is 16.7 Å². The molecular formula is C26H21FN2O4. The molecule has 2 heterocycles. The molecule has 0 aromatic heterocycles. The van der Waals surface area contributed by atoms with Gasteiger partial charge in [-0.05, 0) is 54.0 Å². The summed E-state index contributed by atoms with van der Waals surface area (Å²) in [4.78, 5) is 25.3. The highest BCUT2D eigenvalue weighted by Crippen LogP contribution is 2.33. The van der Waals surface area contributed by atoms with Crippen LogP contribution >= 0.6 is 0 Å². The fourth-order valence-electron chi connectivity index (χ4n) is 3.96. The highest BCUT2D eigenvalue weighted by Gasteiger charge is 2.29. The average molecular weight is 444 g/mol. The largest absolute Gasteiger partial charge is 0.454 e. The Kier molecular flexibility index (Phi) is 5.30. The number of nitrogens with zero attached hydrogens (tertiary/aromatic N) is 1. The number of amides is 2. The minimum absolute atomic E-state index is 0.00251. The van der Waals surface area contributed by atoms with Crippen LogP contribution in [0.15, 0.2) is 66.7 Å². The van der Waals surface area contributed by atoms with E-state index in [1.807, 2.05) is 36.4 Å². The Labute approximate surface area is 190 Å². The molecule has 0 spiro atoms. The van der Waals surface area contributed by atoms with E-state index in [0.717, 1.165) is 16.8 Å². The van der Waals surface area contributed by atoms with Gasteiger partial charge in [0.15, 0.2) is 11.6 Å². The van der Waals surface area contributed by atoms with E-state index in [9.17, 15) is 14.0 Å². The van der Waals surface area contributed by atoms with Crippen LogP contribution in [0, 0.1) is 5.82 Å². The molecule has 1 N–H and O–H groups in total. The predicted octanol–water partition coefficient (Wildman–Crippen LogP) is 5.10. The molecule has 166 valence electrons. The summed E-state index contributed by atoms with van der Waals surface area (Å²) in [6.45, 7) is 0.370. The minimum Gasteiger partial charge on any atom is -0.454 e. The molecule has 0 saturated carbocycles. The van der Waals surface area contributed by atoms with Gasteiger partial charge in [0.2, 0.25) is 0 Å². The van der Waals surface area contributed by atoms with Gasteiger partial charge in [-0.1, -0.05) is 36.4 Å². The maximum Gasteiger partial charge on any atom is 0.409 e. The van der Waals surface area contributed by atoms with Gasteiger partial charge >= 0.3 is 6.09 Å². The second kappa shape index (κ2) is 8.43. The Bertz CT molecular complexity index is 1270. The second-order valence-electron chi connectivity index (χ2n) is 8.04. The van der Waals surface area contributed by atoms with Crippen LogP contribution in [0.5, 0.6) is 11.5 Å². The molecular weight excluding hydrogens is 423 g/mol. The van der Waals surface area contributed by atoms with E-state index in [4.69, 9.17) is 9.47 Å². The number of carbonyl (C=O) groups is 2. The van der Waals surface area contributed by atoms with E-state index in [0.29, 0.717) is 29.9 Å². The standard InChI is InChI=1S/C26H21FN2O4/c1-29-18(15-32-26(29)31)12-16-6-9-19(10-7-16)33-24-11-8-17(14-22(24)27)13-21-20-4-2-3-5-23(20)28-25(21)30/h2-11,13-14,18H,12,15H2,1H3,(H,28,30). The van der Waals surface area contributed by atoms with Crippen LogP contribution in [0.2, 0.25) is 0 Å². The Morgan fingerprint density at radius 2 is 1.91 bits per heavy atom. The third-order valence-electron chi connectivity index (χ3n) is 5.83. The lowest BCUT2D eigenvalue weighted by atomic mass is 10.0. The number of nitrogens with one attached hydrogen (secondary N) is 1. The van der Waals surface area contributed by atoms with Crippen molar-refractivity contribution in [3.05, 3.63) is 89.2 Å². The van der Waals surface area contributed by atoms with Gasteiger partial charge in [-0.2, -0.15) is 0 Å². The topological polar surface area (TPSA) is 67.9 Å². The number of para-hydroxylation sites is 1. The van der Waals surface area contributed by atoms with Gasteiger partial charge < -0.3 is 19.7 Å². The van der Waals surface area contributed by atoms with Gasteiger partial charge in [-0.25, -0.2) is 9.18 Å². The summed E-state index contributed by atoms with van der Waals surface area (Å²) < 4.78 is 25.5. The van der Waals surface area contributed by atoms with Gasteiger partial charge in [0.1, 0.15) is 12.4 Å². The van der Waals surface area contributed by atoms with Gasteiger partial charge in [0.25, 0.3) is 5.91 Å². The molecule has 2 amide bonds. The summed E-state index contributed by atoms with van der Waals surface area (Å²) in [5.74, 6) is -0.143. The van der Waals surface area contributed by atoms with Crippen molar-refractivity contribution < 1.29 is 23.5 Å². The molecule has 3 aromatic carbocycles. The normalized spacial score (nSPS) is 18.3. The molecule has 0 aliphatic carbocycles. The van der Waals surface area contributed by atoms with Gasteiger partial charge in [-0.15, -0.1) is 0 Å². The molecule has 6 nitrogen and oxygen atoms in total. The van der Waals surface area contributed by atoms with Crippen molar-refractivity contribution in [1.82, 2.24) is 4.90 Å². The lowest BCUT2D eigenvalue weighted by molar-refractivity contribution is -0.110. The van der Waals surface area contributed by atoms with Crippen LogP contribution in [0.4, 0.5) is 14.9 Å². The number of carbonyl (C=O) groups excluding carboxylic acids is 2. The Morgan fingerprint density at radius 1 is 1.12 bits per heavy atom. The van der Waals surface area contributed by atoms with Gasteiger partial charge in [0, 0.05) is 23.9 Å². The van der Waals surface area contributed by atoms with Crippen molar-refractivity contribution in [1.29, 1.82) is 0 Å². The Morgan fingerprint density at radius 3 is 2.64 bits per heavy atom. The van der Waals surface area contributed by atoms with E-state index in [1.54, 1.807) is 42.3 Å². The van der Waals surface area contributed by atoms with Crippen LogP contribution < -0.4 is 10.1 Å². The molecule has 7 heteroatoms. The molecule has 2 aliphatic rings. The first-order valence-electron chi connectivity index (χ1n) is 10.6. The summed E-state index contributed by atoms with van der Waals surface area (Å²) in [7, 11) is 1.72. The fraction of sp³-hybridized carbons (Fsp3) is 0.154. The van der Waals surface area contributed by atoms with E-state index in [1.165, 1.54) is 6.07 Å². The first-order valence-corrected chi connectivity index (χ1v) is 10.6. The van der Waals surface area contributed by atoms with E-state index >= 15 is 0 Å². The van der Waals surface area contributed by atoms with Crippen LogP contribution in [0.3, 0.4) is 0 Å². The zero-order valence-electron chi connectivity index (χ0n) is 17.9. The number of ether oxygens (including phenoxy) is 2. The molecule has 1 saturated heterocycles. The van der Waals surface area contributed by atoms with Gasteiger partial charge in [-0.3, -0.25) is 4.79 Å². The first-order chi connectivity index (χ1) is 16.0. The molecule has 2 aliphatic heterocycles. The summed E-state index contributed by atoms with van der Waals surface area (Å²) in [5, 5.41) is 2.81. The van der Waals surface area contributed by atoms with Crippen molar-refractivity contribution in [3.63, 3.8) is 0 Å². The number of halogens is 1. The number of rotatable bonds is 5. The number of anilines is 1. The molecule has 33 heavy (non-hydrogen) atoms. The third kappa shape index (κ3) is 4.17. The lowest BCUT2D eigenvalue weighted by Gasteiger charge is -2.16. The molecule has 3 aromatic rings. The highest BCUT2D eigenvalue weighted by atomic mass is 19.1. The van der Waals surface area contributed by atoms with E-state index in [2.05, 4.69) is 5.32 Å².